The van der Waals surface area contributed by atoms with Crippen molar-refractivity contribution < 1.29 is 9.50 Å². The maximum Gasteiger partial charge on any atom is 0.189 e. The van der Waals surface area contributed by atoms with Crippen LogP contribution in [0.1, 0.15) is 0 Å². The minimum Gasteiger partial charge on any atom is -0.495 e. The molecule has 4 heteroatoms. The summed E-state index contributed by atoms with van der Waals surface area (Å²) in [6, 6.07) is 4.16. The van der Waals surface area contributed by atoms with Gasteiger partial charge in [0.1, 0.15) is 5.82 Å². The summed E-state index contributed by atoms with van der Waals surface area (Å²) in [6.45, 7) is 0. The Morgan fingerprint density at radius 1 is 1.42 bits per heavy atom. The molecule has 0 fully saturated rings. The molecule has 2 rings (SSSR count). The molecule has 0 aliphatic heterocycles. The molecule has 2 N–H and O–H groups in total. The zero-order valence-electron chi connectivity index (χ0n) is 5.94. The number of hydrogen-bond donors (Lipinski definition) is 2. The number of halogens is 2. The third-order valence-electron chi connectivity index (χ3n) is 1.68. The van der Waals surface area contributed by atoms with Crippen LogP contribution in [0.3, 0.4) is 0 Å². The molecule has 2 aromatic rings. The van der Waals surface area contributed by atoms with Crippen LogP contribution in [0.5, 0.6) is 5.88 Å². The van der Waals surface area contributed by atoms with Crippen LogP contribution in [0.4, 0.5) is 4.39 Å². The van der Waals surface area contributed by atoms with Crippen LogP contribution in [0.15, 0.2) is 18.2 Å². The highest BCUT2D eigenvalue weighted by Crippen LogP contribution is 2.28. The molecule has 0 radical (unpaired) electrons. The van der Waals surface area contributed by atoms with Crippen molar-refractivity contribution in [3.63, 3.8) is 0 Å². The molecular weight excluding hydrogens is 181 g/mol. The Morgan fingerprint density at radius 3 is 2.92 bits per heavy atom. The summed E-state index contributed by atoms with van der Waals surface area (Å²) in [6.07, 6.45) is 0. The average Bonchev–Trinajstić information content (AvgIpc) is 2.39. The largest absolute Gasteiger partial charge is 0.495 e. The summed E-state index contributed by atoms with van der Waals surface area (Å²) >= 11 is 5.63. The SMILES string of the molecule is Oc1cc2c(Cl)c(F)ccc2[nH]1. The second-order valence-electron chi connectivity index (χ2n) is 2.48. The first-order chi connectivity index (χ1) is 5.68. The lowest BCUT2D eigenvalue weighted by Crippen LogP contribution is -1.76. The molecule has 62 valence electrons. The van der Waals surface area contributed by atoms with Gasteiger partial charge in [0.05, 0.1) is 5.02 Å². The van der Waals surface area contributed by atoms with Crippen molar-refractivity contribution in [1.29, 1.82) is 0 Å². The smallest absolute Gasteiger partial charge is 0.189 e. The van der Waals surface area contributed by atoms with E-state index in [-0.39, 0.29) is 10.9 Å². The van der Waals surface area contributed by atoms with Gasteiger partial charge in [-0.05, 0) is 12.1 Å². The highest BCUT2D eigenvalue weighted by atomic mass is 35.5. The Balaban J connectivity index is 2.89. The predicted molar refractivity (Wildman–Crippen MR) is 44.9 cm³/mol. The zero-order chi connectivity index (χ0) is 8.72. The topological polar surface area (TPSA) is 36.0 Å². The summed E-state index contributed by atoms with van der Waals surface area (Å²) in [5.74, 6) is -0.499. The monoisotopic (exact) mass is 185 g/mol. The van der Waals surface area contributed by atoms with Crippen LogP contribution in [0.25, 0.3) is 10.9 Å². The van der Waals surface area contributed by atoms with Gasteiger partial charge in [0.15, 0.2) is 5.88 Å². The third kappa shape index (κ3) is 0.940. The summed E-state index contributed by atoms with van der Waals surface area (Å²) in [4.78, 5) is 2.63. The van der Waals surface area contributed by atoms with Gasteiger partial charge in [0.2, 0.25) is 0 Å². The molecule has 1 aromatic heterocycles. The normalized spacial score (nSPS) is 10.8. The highest BCUT2D eigenvalue weighted by molar-refractivity contribution is 6.35. The van der Waals surface area contributed by atoms with Crippen LogP contribution in [-0.2, 0) is 0 Å². The van der Waals surface area contributed by atoms with E-state index in [0.29, 0.717) is 10.9 Å². The molecule has 0 bridgehead atoms. The second-order valence-corrected chi connectivity index (χ2v) is 2.86. The standard InChI is InChI=1S/C8H5ClFNO/c9-8-4-3-7(12)11-6(4)2-1-5(8)10/h1-3,11-12H. The maximum atomic E-state index is 12.8. The number of aromatic hydroxyl groups is 1. The maximum absolute atomic E-state index is 12.8. The van der Waals surface area contributed by atoms with Crippen molar-refractivity contribution in [3.8, 4) is 5.88 Å². The van der Waals surface area contributed by atoms with E-state index >= 15 is 0 Å². The molecule has 2 nitrogen and oxygen atoms in total. The molecule has 1 heterocycles. The van der Waals surface area contributed by atoms with E-state index < -0.39 is 5.82 Å². The number of rotatable bonds is 0. The Morgan fingerprint density at radius 2 is 2.17 bits per heavy atom. The number of nitrogens with one attached hydrogen (secondary N) is 1. The quantitative estimate of drug-likeness (QED) is 0.651. The summed E-state index contributed by atoms with van der Waals surface area (Å²) in [5, 5.41) is 9.56. The highest BCUT2D eigenvalue weighted by Gasteiger charge is 2.07. The first kappa shape index (κ1) is 7.43. The fraction of sp³-hybridized carbons (Fsp3) is 0. The first-order valence-electron chi connectivity index (χ1n) is 3.34. The van der Waals surface area contributed by atoms with E-state index in [1.807, 2.05) is 0 Å². The van der Waals surface area contributed by atoms with Gasteiger partial charge in [0.25, 0.3) is 0 Å². The fourth-order valence-electron chi connectivity index (χ4n) is 1.13. The molecular formula is C8H5ClFNO. The van der Waals surface area contributed by atoms with Crippen LogP contribution in [0, 0.1) is 5.82 Å². The van der Waals surface area contributed by atoms with Crippen LogP contribution >= 0.6 is 11.6 Å². The molecule has 0 atom stereocenters. The number of fused-ring (bicyclic) bond motifs is 1. The third-order valence-corrected chi connectivity index (χ3v) is 2.06. The van der Waals surface area contributed by atoms with Crippen LogP contribution in [0.2, 0.25) is 5.02 Å². The average molecular weight is 186 g/mol. The van der Waals surface area contributed by atoms with Gasteiger partial charge in [-0.25, -0.2) is 4.39 Å². The van der Waals surface area contributed by atoms with Gasteiger partial charge in [0, 0.05) is 17.0 Å². The van der Waals surface area contributed by atoms with E-state index in [2.05, 4.69) is 4.98 Å². The lowest BCUT2D eigenvalue weighted by atomic mass is 10.2. The van der Waals surface area contributed by atoms with E-state index in [9.17, 15) is 4.39 Å². The van der Waals surface area contributed by atoms with Crippen molar-refractivity contribution >= 4 is 22.5 Å². The van der Waals surface area contributed by atoms with Crippen molar-refractivity contribution in [2.45, 2.75) is 0 Å². The number of hydrogen-bond acceptors (Lipinski definition) is 1. The van der Waals surface area contributed by atoms with Gasteiger partial charge in [-0.15, -0.1) is 0 Å². The second kappa shape index (κ2) is 2.38. The Bertz CT molecular complexity index is 438. The van der Waals surface area contributed by atoms with Crippen molar-refractivity contribution in [2.75, 3.05) is 0 Å². The zero-order valence-corrected chi connectivity index (χ0v) is 6.69. The minimum atomic E-state index is -0.483. The van der Waals surface area contributed by atoms with E-state index in [1.54, 1.807) is 0 Å². The van der Waals surface area contributed by atoms with Crippen molar-refractivity contribution in [1.82, 2.24) is 4.98 Å². The first-order valence-corrected chi connectivity index (χ1v) is 3.72. The molecule has 0 aliphatic rings. The van der Waals surface area contributed by atoms with Gasteiger partial charge in [-0.2, -0.15) is 0 Å². The molecule has 0 unspecified atom stereocenters. The lowest BCUT2D eigenvalue weighted by molar-refractivity contribution is 0.458. The predicted octanol–water partition coefficient (Wildman–Crippen LogP) is 2.67. The van der Waals surface area contributed by atoms with Crippen LogP contribution < -0.4 is 0 Å². The Labute approximate surface area is 72.6 Å². The van der Waals surface area contributed by atoms with Gasteiger partial charge in [-0.3, -0.25) is 0 Å². The van der Waals surface area contributed by atoms with Gasteiger partial charge < -0.3 is 10.1 Å². The number of H-pyrrole nitrogens is 1. The van der Waals surface area contributed by atoms with Gasteiger partial charge in [-0.1, -0.05) is 11.6 Å². The summed E-state index contributed by atoms with van der Waals surface area (Å²) in [7, 11) is 0. The van der Waals surface area contributed by atoms with Gasteiger partial charge >= 0.3 is 0 Å². The molecule has 0 aliphatic carbocycles. The van der Waals surface area contributed by atoms with Crippen molar-refractivity contribution in [2.24, 2.45) is 0 Å². The van der Waals surface area contributed by atoms with E-state index in [1.165, 1.54) is 18.2 Å². The lowest BCUT2D eigenvalue weighted by Gasteiger charge is -1.93. The summed E-state index contributed by atoms with van der Waals surface area (Å²) in [5.41, 5.74) is 0.624. The summed E-state index contributed by atoms with van der Waals surface area (Å²) < 4.78 is 12.8. The molecule has 0 saturated heterocycles. The number of benzene rings is 1. The van der Waals surface area contributed by atoms with E-state index in [0.717, 1.165) is 0 Å². The van der Waals surface area contributed by atoms with E-state index in [4.69, 9.17) is 16.7 Å². The van der Waals surface area contributed by atoms with Crippen LogP contribution in [-0.4, -0.2) is 10.1 Å². The molecule has 0 spiro atoms. The number of aromatic amines is 1. The molecule has 0 amide bonds. The van der Waals surface area contributed by atoms with Crippen molar-refractivity contribution in [3.05, 3.63) is 29.0 Å². The fourth-order valence-corrected chi connectivity index (χ4v) is 1.35. The molecule has 1 aromatic carbocycles. The number of aromatic nitrogens is 1. The minimum absolute atomic E-state index is 0.0162. The molecule has 12 heavy (non-hydrogen) atoms. The Hall–Kier alpha value is -1.22. The molecule has 0 saturated carbocycles. The Kier molecular flexibility index (Phi) is 1.48.